The first-order chi connectivity index (χ1) is 12.2. The van der Waals surface area contributed by atoms with Crippen LogP contribution in [0.2, 0.25) is 0 Å². The average Bonchev–Trinajstić information content (AvgIpc) is 2.60. The van der Waals surface area contributed by atoms with E-state index in [1.807, 2.05) is 31.2 Å². The summed E-state index contributed by atoms with van der Waals surface area (Å²) >= 11 is 3.39. The lowest BCUT2D eigenvalue weighted by atomic mass is 10.1. The highest BCUT2D eigenvalue weighted by atomic mass is 79.9. The smallest absolute Gasteiger partial charge is 0.242 e. The second kappa shape index (κ2) is 8.79. The fourth-order valence-electron chi connectivity index (χ4n) is 2.45. The molecule has 5 nitrogen and oxygen atoms in total. The second-order valence-corrected chi connectivity index (χ2v) is 9.34. The Hall–Kier alpha value is -1.70. The monoisotopic (exact) mass is 438 g/mol. The molecule has 1 amide bonds. The molecule has 7 heteroatoms. The van der Waals surface area contributed by atoms with E-state index in [1.165, 1.54) is 18.4 Å². The van der Waals surface area contributed by atoms with Gasteiger partial charge in [-0.25, -0.2) is 12.7 Å². The Bertz CT molecular complexity index is 847. The van der Waals surface area contributed by atoms with Crippen LogP contribution in [0, 0.1) is 0 Å². The maximum absolute atomic E-state index is 12.2. The third kappa shape index (κ3) is 5.40. The van der Waals surface area contributed by atoms with Gasteiger partial charge >= 0.3 is 0 Å². The number of aryl methyl sites for hydroxylation is 1. The van der Waals surface area contributed by atoms with E-state index in [2.05, 4.69) is 21.2 Å². The molecule has 0 radical (unpaired) electrons. The molecular formula is C19H23BrN2O3S. The summed E-state index contributed by atoms with van der Waals surface area (Å²) in [5, 5.41) is 2.98. The first kappa shape index (κ1) is 20.6. The number of rotatable bonds is 7. The van der Waals surface area contributed by atoms with Crippen LogP contribution in [-0.4, -0.2) is 32.7 Å². The highest BCUT2D eigenvalue weighted by molar-refractivity contribution is 9.10. The van der Waals surface area contributed by atoms with Gasteiger partial charge in [0, 0.05) is 25.0 Å². The topological polar surface area (TPSA) is 66.5 Å². The molecule has 0 aliphatic carbocycles. The molecule has 0 spiro atoms. The lowest BCUT2D eigenvalue weighted by Crippen LogP contribution is -2.26. The number of hydrogen-bond donors (Lipinski definition) is 1. The van der Waals surface area contributed by atoms with Crippen molar-refractivity contribution in [2.45, 2.75) is 30.7 Å². The molecule has 1 atom stereocenters. The number of amides is 1. The van der Waals surface area contributed by atoms with Gasteiger partial charge in [0.05, 0.1) is 10.9 Å². The van der Waals surface area contributed by atoms with Gasteiger partial charge < -0.3 is 5.32 Å². The van der Waals surface area contributed by atoms with Crippen LogP contribution in [0.1, 0.15) is 30.5 Å². The van der Waals surface area contributed by atoms with Crippen LogP contribution < -0.4 is 5.32 Å². The van der Waals surface area contributed by atoms with Crippen molar-refractivity contribution in [2.24, 2.45) is 0 Å². The minimum Gasteiger partial charge on any atom is -0.350 e. The van der Waals surface area contributed by atoms with E-state index in [9.17, 15) is 13.2 Å². The molecule has 0 aliphatic rings. The molecule has 0 unspecified atom stereocenters. The molecule has 1 N–H and O–H groups in total. The molecule has 2 rings (SSSR count). The molecule has 0 aromatic heterocycles. The number of nitrogens with one attached hydrogen (secondary N) is 1. The summed E-state index contributed by atoms with van der Waals surface area (Å²) < 4.78 is 26.3. The van der Waals surface area contributed by atoms with Crippen molar-refractivity contribution in [3.05, 3.63) is 64.1 Å². The van der Waals surface area contributed by atoms with Crippen molar-refractivity contribution in [1.29, 1.82) is 0 Å². The maximum atomic E-state index is 12.2. The van der Waals surface area contributed by atoms with E-state index >= 15 is 0 Å². The van der Waals surface area contributed by atoms with Crippen molar-refractivity contribution in [3.63, 3.8) is 0 Å². The summed E-state index contributed by atoms with van der Waals surface area (Å²) in [7, 11) is -0.424. The van der Waals surface area contributed by atoms with Crippen LogP contribution in [-0.2, 0) is 21.2 Å². The van der Waals surface area contributed by atoms with E-state index in [4.69, 9.17) is 0 Å². The van der Waals surface area contributed by atoms with Crippen LogP contribution in [0.4, 0.5) is 0 Å². The highest BCUT2D eigenvalue weighted by Crippen LogP contribution is 2.17. The zero-order valence-electron chi connectivity index (χ0n) is 15.1. The summed E-state index contributed by atoms with van der Waals surface area (Å²) in [6.45, 7) is 1.95. The van der Waals surface area contributed by atoms with E-state index in [0.717, 1.165) is 15.6 Å². The number of sulfonamides is 1. The standard InChI is InChI=1S/C19H23BrN2O3S/c1-14(16-7-9-17(20)10-8-16)21-19(23)13-6-15-4-11-18(12-5-15)26(24,25)22(2)3/h4-5,7-12,14H,6,13H2,1-3H3,(H,21,23)/t14-/m1/s1. The van der Waals surface area contributed by atoms with Gasteiger partial charge in [0.15, 0.2) is 0 Å². The predicted molar refractivity (Wildman–Crippen MR) is 106 cm³/mol. The van der Waals surface area contributed by atoms with Crippen molar-refractivity contribution < 1.29 is 13.2 Å². The first-order valence-corrected chi connectivity index (χ1v) is 10.5. The number of benzene rings is 2. The molecule has 0 bridgehead atoms. The Balaban J connectivity index is 1.90. The fourth-order valence-corrected chi connectivity index (χ4v) is 3.61. The number of carbonyl (C=O) groups excluding carboxylic acids is 1. The number of hydrogen-bond acceptors (Lipinski definition) is 3. The Kier molecular flexibility index (Phi) is 6.97. The predicted octanol–water partition coefficient (Wildman–Crippen LogP) is 3.51. The van der Waals surface area contributed by atoms with Crippen molar-refractivity contribution in [2.75, 3.05) is 14.1 Å². The summed E-state index contributed by atoms with van der Waals surface area (Å²) in [6, 6.07) is 14.4. The van der Waals surface area contributed by atoms with Crippen LogP contribution in [0.15, 0.2) is 57.9 Å². The third-order valence-electron chi connectivity index (χ3n) is 4.09. The Morgan fingerprint density at radius 3 is 2.19 bits per heavy atom. The Morgan fingerprint density at radius 1 is 1.08 bits per heavy atom. The van der Waals surface area contributed by atoms with Crippen LogP contribution in [0.3, 0.4) is 0 Å². The van der Waals surface area contributed by atoms with E-state index in [1.54, 1.807) is 24.3 Å². The second-order valence-electron chi connectivity index (χ2n) is 6.27. The average molecular weight is 439 g/mol. The molecule has 26 heavy (non-hydrogen) atoms. The van der Waals surface area contributed by atoms with E-state index in [-0.39, 0.29) is 16.8 Å². The molecule has 2 aromatic rings. The van der Waals surface area contributed by atoms with Gasteiger partial charge in [0.25, 0.3) is 0 Å². The van der Waals surface area contributed by atoms with E-state index in [0.29, 0.717) is 12.8 Å². The lowest BCUT2D eigenvalue weighted by Gasteiger charge is -2.15. The Labute approximate surface area is 163 Å². The number of halogens is 1. The molecule has 0 aliphatic heterocycles. The highest BCUT2D eigenvalue weighted by Gasteiger charge is 2.16. The minimum atomic E-state index is -3.42. The molecule has 0 heterocycles. The van der Waals surface area contributed by atoms with Gasteiger partial charge in [0.2, 0.25) is 15.9 Å². The molecule has 0 saturated carbocycles. The normalized spacial score (nSPS) is 12.8. The van der Waals surface area contributed by atoms with Crippen LogP contribution in [0.25, 0.3) is 0 Å². The lowest BCUT2D eigenvalue weighted by molar-refractivity contribution is -0.121. The van der Waals surface area contributed by atoms with Gasteiger partial charge in [-0.05, 0) is 48.7 Å². The first-order valence-electron chi connectivity index (χ1n) is 8.26. The largest absolute Gasteiger partial charge is 0.350 e. The molecule has 0 saturated heterocycles. The van der Waals surface area contributed by atoms with Crippen molar-refractivity contribution in [1.82, 2.24) is 9.62 Å². The van der Waals surface area contributed by atoms with Gasteiger partial charge in [-0.15, -0.1) is 0 Å². The quantitative estimate of drug-likeness (QED) is 0.718. The molecule has 140 valence electrons. The zero-order chi connectivity index (χ0) is 19.3. The summed E-state index contributed by atoms with van der Waals surface area (Å²) in [5.74, 6) is -0.0367. The van der Waals surface area contributed by atoms with Crippen LogP contribution >= 0.6 is 15.9 Å². The van der Waals surface area contributed by atoms with Gasteiger partial charge in [-0.2, -0.15) is 0 Å². The fraction of sp³-hybridized carbons (Fsp3) is 0.316. The van der Waals surface area contributed by atoms with E-state index < -0.39 is 10.0 Å². The molecule has 0 fully saturated rings. The third-order valence-corrected chi connectivity index (χ3v) is 6.45. The summed E-state index contributed by atoms with van der Waals surface area (Å²) in [4.78, 5) is 12.4. The number of carbonyl (C=O) groups is 1. The molecular weight excluding hydrogens is 416 g/mol. The Morgan fingerprint density at radius 2 is 1.65 bits per heavy atom. The number of nitrogens with zero attached hydrogens (tertiary/aromatic N) is 1. The summed E-state index contributed by atoms with van der Waals surface area (Å²) in [5.41, 5.74) is 1.97. The maximum Gasteiger partial charge on any atom is 0.242 e. The van der Waals surface area contributed by atoms with Crippen molar-refractivity contribution >= 4 is 31.9 Å². The van der Waals surface area contributed by atoms with Crippen LogP contribution in [0.5, 0.6) is 0 Å². The van der Waals surface area contributed by atoms with Crippen molar-refractivity contribution in [3.8, 4) is 0 Å². The zero-order valence-corrected chi connectivity index (χ0v) is 17.5. The molecule has 2 aromatic carbocycles. The minimum absolute atomic E-state index is 0.0367. The SMILES string of the molecule is C[C@@H](NC(=O)CCc1ccc(S(=O)(=O)N(C)C)cc1)c1ccc(Br)cc1. The van der Waals surface area contributed by atoms with Gasteiger partial charge in [-0.3, -0.25) is 4.79 Å². The van der Waals surface area contributed by atoms with Gasteiger partial charge in [0.1, 0.15) is 0 Å². The van der Waals surface area contributed by atoms with Gasteiger partial charge in [-0.1, -0.05) is 40.2 Å². The summed E-state index contributed by atoms with van der Waals surface area (Å²) in [6.07, 6.45) is 0.905.